The predicted octanol–water partition coefficient (Wildman–Crippen LogP) is 3.42. The van der Waals surface area contributed by atoms with Crippen molar-refractivity contribution in [1.82, 2.24) is 10.5 Å². The van der Waals surface area contributed by atoms with Crippen LogP contribution in [0.25, 0.3) is 10.9 Å². The average molecular weight is 336 g/mol. The van der Waals surface area contributed by atoms with Crippen LogP contribution in [0, 0.1) is 0 Å². The Kier molecular flexibility index (Phi) is 5.59. The van der Waals surface area contributed by atoms with E-state index in [1.54, 1.807) is 0 Å². The van der Waals surface area contributed by atoms with Gasteiger partial charge in [0.2, 0.25) is 5.91 Å². The van der Waals surface area contributed by atoms with Crippen molar-refractivity contribution < 1.29 is 14.4 Å². The topological polar surface area (TPSA) is 60.5 Å². The van der Waals surface area contributed by atoms with Crippen LogP contribution in [0.4, 0.5) is 0 Å². The molecule has 5 nitrogen and oxygen atoms in total. The van der Waals surface area contributed by atoms with Crippen molar-refractivity contribution in [2.45, 2.75) is 19.4 Å². The van der Waals surface area contributed by atoms with Gasteiger partial charge in [-0.1, -0.05) is 36.4 Å². The molecule has 0 bridgehead atoms. The van der Waals surface area contributed by atoms with Crippen LogP contribution < -0.4 is 10.2 Å². The highest BCUT2D eigenvalue weighted by Crippen LogP contribution is 2.17. The minimum atomic E-state index is -0.144. The van der Waals surface area contributed by atoms with Gasteiger partial charge >= 0.3 is 0 Å². The summed E-state index contributed by atoms with van der Waals surface area (Å²) in [7, 11) is 1.42. The van der Waals surface area contributed by atoms with Gasteiger partial charge in [0, 0.05) is 11.8 Å². The third-order valence-electron chi connectivity index (χ3n) is 3.80. The number of hydroxylamine groups is 1. The minimum Gasteiger partial charge on any atom is -0.487 e. The van der Waals surface area contributed by atoms with Gasteiger partial charge in [-0.3, -0.25) is 9.63 Å². The fraction of sp³-hybridized carbons (Fsp3) is 0.200. The molecule has 0 unspecified atom stereocenters. The number of nitrogens with zero attached hydrogens (tertiary/aromatic N) is 1. The van der Waals surface area contributed by atoms with Crippen molar-refractivity contribution >= 4 is 16.8 Å². The van der Waals surface area contributed by atoms with Crippen molar-refractivity contribution in [1.29, 1.82) is 0 Å². The van der Waals surface area contributed by atoms with Crippen LogP contribution in [0.2, 0.25) is 0 Å². The van der Waals surface area contributed by atoms with E-state index in [-0.39, 0.29) is 5.91 Å². The molecule has 128 valence electrons. The van der Waals surface area contributed by atoms with Crippen LogP contribution in [0.3, 0.4) is 0 Å². The number of aromatic nitrogens is 1. The van der Waals surface area contributed by atoms with Crippen molar-refractivity contribution in [2.24, 2.45) is 0 Å². The number of hydrogen-bond acceptors (Lipinski definition) is 4. The van der Waals surface area contributed by atoms with Crippen LogP contribution >= 0.6 is 0 Å². The van der Waals surface area contributed by atoms with Gasteiger partial charge in [0.1, 0.15) is 12.4 Å². The van der Waals surface area contributed by atoms with Crippen LogP contribution in [-0.2, 0) is 22.7 Å². The lowest BCUT2D eigenvalue weighted by Crippen LogP contribution is -2.21. The molecule has 1 N–H and O–H groups in total. The molecule has 0 spiro atoms. The van der Waals surface area contributed by atoms with Gasteiger partial charge < -0.3 is 4.74 Å². The molecule has 0 aliphatic carbocycles. The molecule has 3 aromatic rings. The molecule has 2 aromatic carbocycles. The van der Waals surface area contributed by atoms with Crippen molar-refractivity contribution in [2.75, 3.05) is 7.11 Å². The lowest BCUT2D eigenvalue weighted by atomic mass is 10.1. The van der Waals surface area contributed by atoms with Gasteiger partial charge in [-0.15, -0.1) is 0 Å². The lowest BCUT2D eigenvalue weighted by Gasteiger charge is -2.08. The molecule has 1 heterocycles. The number of rotatable bonds is 7. The van der Waals surface area contributed by atoms with Crippen LogP contribution in [-0.4, -0.2) is 18.0 Å². The zero-order chi connectivity index (χ0) is 17.5. The number of ether oxygens (including phenoxy) is 1. The van der Waals surface area contributed by atoms with E-state index in [0.29, 0.717) is 19.4 Å². The molecular formula is C20H20N2O3. The Bertz CT molecular complexity index is 864. The summed E-state index contributed by atoms with van der Waals surface area (Å²) in [5.74, 6) is 0.619. The fourth-order valence-corrected chi connectivity index (χ4v) is 2.56. The lowest BCUT2D eigenvalue weighted by molar-refractivity contribution is -0.131. The first-order valence-electron chi connectivity index (χ1n) is 8.13. The van der Waals surface area contributed by atoms with Gasteiger partial charge in [-0.2, -0.15) is 0 Å². The number of hydrogen-bond donors (Lipinski definition) is 1. The number of carbonyl (C=O) groups is 1. The summed E-state index contributed by atoms with van der Waals surface area (Å²) in [6.45, 7) is 0.401. The number of para-hydroxylation sites is 1. The highest BCUT2D eigenvalue weighted by Gasteiger charge is 2.04. The molecule has 0 aliphatic heterocycles. The van der Waals surface area contributed by atoms with E-state index in [9.17, 15) is 4.79 Å². The molecule has 0 atom stereocenters. The maximum Gasteiger partial charge on any atom is 0.243 e. The number of aryl methyl sites for hydroxylation is 1. The quantitative estimate of drug-likeness (QED) is 0.672. The number of fused-ring (bicyclic) bond motifs is 1. The van der Waals surface area contributed by atoms with Gasteiger partial charge in [0.05, 0.1) is 18.3 Å². The summed E-state index contributed by atoms with van der Waals surface area (Å²) >= 11 is 0. The van der Waals surface area contributed by atoms with E-state index in [1.807, 2.05) is 60.7 Å². The van der Waals surface area contributed by atoms with Crippen molar-refractivity contribution in [3.05, 3.63) is 71.9 Å². The first kappa shape index (κ1) is 16.9. The summed E-state index contributed by atoms with van der Waals surface area (Å²) in [5, 5.41) is 1.11. The number of benzene rings is 2. The maximum absolute atomic E-state index is 11.4. The Morgan fingerprint density at radius 2 is 1.96 bits per heavy atom. The number of carbonyl (C=O) groups excluding carboxylic acids is 1. The van der Waals surface area contributed by atoms with Crippen molar-refractivity contribution in [3.63, 3.8) is 0 Å². The van der Waals surface area contributed by atoms with Crippen LogP contribution in [0.5, 0.6) is 5.75 Å². The monoisotopic (exact) mass is 336 g/mol. The smallest absolute Gasteiger partial charge is 0.243 e. The summed E-state index contributed by atoms with van der Waals surface area (Å²) in [5.41, 5.74) is 5.19. The second-order valence-corrected chi connectivity index (χ2v) is 5.66. The fourth-order valence-electron chi connectivity index (χ4n) is 2.56. The Labute approximate surface area is 146 Å². The number of amides is 1. The number of nitrogens with one attached hydrogen (secondary N) is 1. The highest BCUT2D eigenvalue weighted by atomic mass is 16.6. The Morgan fingerprint density at radius 3 is 2.84 bits per heavy atom. The average Bonchev–Trinajstić information content (AvgIpc) is 2.65. The SMILES string of the molecule is CONC(=O)CCc1cccc(OCc2ccc3ccccc3n2)c1. The Balaban J connectivity index is 1.60. The molecule has 0 saturated heterocycles. The Morgan fingerprint density at radius 1 is 1.08 bits per heavy atom. The van der Waals surface area contributed by atoms with E-state index < -0.39 is 0 Å². The zero-order valence-electron chi connectivity index (χ0n) is 14.1. The largest absolute Gasteiger partial charge is 0.487 e. The first-order chi connectivity index (χ1) is 12.2. The molecule has 1 aromatic heterocycles. The van der Waals surface area contributed by atoms with Gasteiger partial charge in [-0.25, -0.2) is 10.5 Å². The van der Waals surface area contributed by atoms with Gasteiger partial charge in [0.25, 0.3) is 0 Å². The standard InChI is InChI=1S/C20H20N2O3/c1-24-22-20(23)12-9-15-5-4-7-18(13-15)25-14-17-11-10-16-6-2-3-8-19(16)21-17/h2-8,10-11,13H,9,12,14H2,1H3,(H,22,23). The van der Waals surface area contributed by atoms with E-state index in [4.69, 9.17) is 4.74 Å². The zero-order valence-corrected chi connectivity index (χ0v) is 14.1. The van der Waals surface area contributed by atoms with E-state index >= 15 is 0 Å². The molecule has 25 heavy (non-hydrogen) atoms. The minimum absolute atomic E-state index is 0.144. The molecule has 0 radical (unpaired) electrons. The second kappa shape index (κ2) is 8.26. The van der Waals surface area contributed by atoms with E-state index in [1.165, 1.54) is 7.11 Å². The number of pyridine rings is 1. The third kappa shape index (κ3) is 4.78. The maximum atomic E-state index is 11.4. The van der Waals surface area contributed by atoms with E-state index in [0.717, 1.165) is 27.9 Å². The molecule has 3 rings (SSSR count). The Hall–Kier alpha value is -2.92. The third-order valence-corrected chi connectivity index (χ3v) is 3.80. The van der Waals surface area contributed by atoms with Crippen LogP contribution in [0.1, 0.15) is 17.7 Å². The van der Waals surface area contributed by atoms with Gasteiger partial charge in [-0.05, 0) is 36.2 Å². The summed E-state index contributed by atoms with van der Waals surface area (Å²) < 4.78 is 5.85. The second-order valence-electron chi connectivity index (χ2n) is 5.66. The molecule has 5 heteroatoms. The predicted molar refractivity (Wildman–Crippen MR) is 96.0 cm³/mol. The molecule has 0 aliphatic rings. The van der Waals surface area contributed by atoms with E-state index in [2.05, 4.69) is 15.3 Å². The normalized spacial score (nSPS) is 10.6. The van der Waals surface area contributed by atoms with Crippen molar-refractivity contribution in [3.8, 4) is 5.75 Å². The molecule has 0 fully saturated rings. The summed E-state index contributed by atoms with van der Waals surface area (Å²) in [6, 6.07) is 19.8. The highest BCUT2D eigenvalue weighted by molar-refractivity contribution is 5.78. The van der Waals surface area contributed by atoms with Crippen LogP contribution in [0.15, 0.2) is 60.7 Å². The molecular weight excluding hydrogens is 316 g/mol. The summed E-state index contributed by atoms with van der Waals surface area (Å²) in [4.78, 5) is 20.6. The summed E-state index contributed by atoms with van der Waals surface area (Å²) in [6.07, 6.45) is 0.990. The van der Waals surface area contributed by atoms with Gasteiger partial charge in [0.15, 0.2) is 0 Å². The molecule has 1 amide bonds. The molecule has 0 saturated carbocycles. The first-order valence-corrected chi connectivity index (χ1v) is 8.13.